The summed E-state index contributed by atoms with van der Waals surface area (Å²) < 4.78 is 18.7. The van der Waals surface area contributed by atoms with Gasteiger partial charge in [-0.25, -0.2) is 9.37 Å². The van der Waals surface area contributed by atoms with E-state index in [-0.39, 0.29) is 5.82 Å². The molecular formula is C21H21FN4OS. The molecule has 1 heterocycles. The van der Waals surface area contributed by atoms with Gasteiger partial charge in [0, 0.05) is 18.3 Å². The van der Waals surface area contributed by atoms with Crippen LogP contribution in [0.25, 0.3) is 0 Å². The lowest BCUT2D eigenvalue weighted by atomic mass is 10.1. The minimum atomic E-state index is -0.221. The number of benzene rings is 2. The molecule has 0 fully saturated rings. The summed E-state index contributed by atoms with van der Waals surface area (Å²) in [6.45, 7) is 2.55. The number of anilines is 1. The first-order valence-electron chi connectivity index (χ1n) is 8.96. The van der Waals surface area contributed by atoms with Crippen LogP contribution in [-0.4, -0.2) is 21.6 Å². The molecule has 0 aliphatic heterocycles. The molecule has 2 aromatic carbocycles. The summed E-state index contributed by atoms with van der Waals surface area (Å²) >= 11 is 5.31. The van der Waals surface area contributed by atoms with Gasteiger partial charge < -0.3 is 15.4 Å². The number of ether oxygens (including phenoxy) is 1. The molecule has 0 radical (unpaired) electrons. The van der Waals surface area contributed by atoms with Gasteiger partial charge in [-0.2, -0.15) is 4.98 Å². The smallest absolute Gasteiger partial charge is 0.232 e. The van der Waals surface area contributed by atoms with Gasteiger partial charge >= 0.3 is 0 Å². The Labute approximate surface area is 169 Å². The lowest BCUT2D eigenvalue weighted by Crippen LogP contribution is -2.30. The molecule has 5 nitrogen and oxygen atoms in total. The molecule has 2 N–H and O–H groups in total. The van der Waals surface area contributed by atoms with Crippen molar-refractivity contribution in [2.45, 2.75) is 19.8 Å². The Morgan fingerprint density at radius 2 is 1.82 bits per heavy atom. The van der Waals surface area contributed by atoms with E-state index in [0.717, 1.165) is 24.1 Å². The average molecular weight is 396 g/mol. The first kappa shape index (κ1) is 19.7. The summed E-state index contributed by atoms with van der Waals surface area (Å²) in [6.07, 6.45) is 1.70. The third-order valence-corrected chi connectivity index (χ3v) is 4.11. The van der Waals surface area contributed by atoms with Gasteiger partial charge in [-0.3, -0.25) is 0 Å². The van der Waals surface area contributed by atoms with Crippen molar-refractivity contribution in [3.63, 3.8) is 0 Å². The number of hydrogen-bond donors (Lipinski definition) is 2. The van der Waals surface area contributed by atoms with Crippen molar-refractivity contribution in [2.24, 2.45) is 0 Å². The molecule has 7 heteroatoms. The Balaban J connectivity index is 1.48. The minimum absolute atomic E-state index is 0.221. The Morgan fingerprint density at radius 3 is 2.57 bits per heavy atom. The van der Waals surface area contributed by atoms with Gasteiger partial charge in [0.15, 0.2) is 5.11 Å². The molecule has 144 valence electrons. The first-order chi connectivity index (χ1) is 13.6. The molecular weight excluding hydrogens is 375 g/mol. The number of nitrogens with zero attached hydrogens (tertiary/aromatic N) is 2. The number of hydrogen-bond acceptors (Lipinski definition) is 4. The molecule has 0 bridgehead atoms. The summed E-state index contributed by atoms with van der Waals surface area (Å²) in [5, 5.41) is 6.55. The zero-order valence-electron chi connectivity index (χ0n) is 15.5. The molecule has 0 aliphatic carbocycles. The summed E-state index contributed by atoms with van der Waals surface area (Å²) in [4.78, 5) is 8.68. The molecule has 0 aliphatic rings. The fraction of sp³-hybridized carbons (Fsp3) is 0.190. The van der Waals surface area contributed by atoms with Gasteiger partial charge in [0.1, 0.15) is 11.6 Å². The van der Waals surface area contributed by atoms with Crippen molar-refractivity contribution in [1.82, 2.24) is 15.3 Å². The maximum absolute atomic E-state index is 12.9. The van der Waals surface area contributed by atoms with Crippen molar-refractivity contribution >= 4 is 23.3 Å². The SMILES string of the molecule is Cc1cc(Oc2ccccc2)nc(NC(=S)NCCCc2ccc(F)cc2)n1. The molecule has 0 saturated carbocycles. The van der Waals surface area contributed by atoms with E-state index < -0.39 is 0 Å². The van der Waals surface area contributed by atoms with E-state index in [0.29, 0.717) is 29.2 Å². The summed E-state index contributed by atoms with van der Waals surface area (Å²) in [7, 11) is 0. The predicted octanol–water partition coefficient (Wildman–Crippen LogP) is 4.64. The Kier molecular flexibility index (Phi) is 6.86. The number of aromatic nitrogens is 2. The predicted molar refractivity (Wildman–Crippen MR) is 112 cm³/mol. The van der Waals surface area contributed by atoms with Crippen LogP contribution < -0.4 is 15.4 Å². The Bertz CT molecular complexity index is 919. The van der Waals surface area contributed by atoms with Gasteiger partial charge in [0.25, 0.3) is 0 Å². The molecule has 0 amide bonds. The third-order valence-electron chi connectivity index (χ3n) is 3.86. The molecule has 3 aromatic rings. The van der Waals surface area contributed by atoms with Gasteiger partial charge in [0.2, 0.25) is 11.8 Å². The zero-order chi connectivity index (χ0) is 19.8. The second-order valence-electron chi connectivity index (χ2n) is 6.20. The Morgan fingerprint density at radius 1 is 1.07 bits per heavy atom. The van der Waals surface area contributed by atoms with Crippen LogP contribution >= 0.6 is 12.2 Å². The summed E-state index contributed by atoms with van der Waals surface area (Å²) in [6, 6.07) is 17.7. The fourth-order valence-electron chi connectivity index (χ4n) is 2.55. The number of para-hydroxylation sites is 1. The van der Waals surface area contributed by atoms with E-state index in [4.69, 9.17) is 17.0 Å². The van der Waals surface area contributed by atoms with Gasteiger partial charge in [-0.1, -0.05) is 30.3 Å². The molecule has 0 unspecified atom stereocenters. The van der Waals surface area contributed by atoms with Gasteiger partial charge in [-0.15, -0.1) is 0 Å². The molecule has 0 spiro atoms. The maximum Gasteiger partial charge on any atom is 0.232 e. The number of halogens is 1. The average Bonchev–Trinajstić information content (AvgIpc) is 2.67. The molecule has 0 atom stereocenters. The van der Waals surface area contributed by atoms with E-state index in [1.807, 2.05) is 37.3 Å². The summed E-state index contributed by atoms with van der Waals surface area (Å²) in [5.41, 5.74) is 1.86. The molecule has 0 saturated heterocycles. The van der Waals surface area contributed by atoms with Gasteiger partial charge in [-0.05, 0) is 61.8 Å². The fourth-order valence-corrected chi connectivity index (χ4v) is 2.74. The second kappa shape index (κ2) is 9.75. The topological polar surface area (TPSA) is 59.1 Å². The number of rotatable bonds is 7. The van der Waals surface area contributed by atoms with E-state index in [1.165, 1.54) is 12.1 Å². The van der Waals surface area contributed by atoms with Crippen LogP contribution in [0, 0.1) is 12.7 Å². The molecule has 28 heavy (non-hydrogen) atoms. The quantitative estimate of drug-likeness (QED) is 0.448. The summed E-state index contributed by atoms with van der Waals surface area (Å²) in [5.74, 6) is 1.30. The zero-order valence-corrected chi connectivity index (χ0v) is 16.3. The lowest BCUT2D eigenvalue weighted by molar-refractivity contribution is 0.462. The van der Waals surface area contributed by atoms with Crippen LogP contribution in [0.3, 0.4) is 0 Å². The standard InChI is InChI=1S/C21H21FN4OS/c1-15-14-19(27-18-7-3-2-4-8-18)25-20(24-15)26-21(28)23-13-5-6-16-9-11-17(22)12-10-16/h2-4,7-12,14H,5-6,13H2,1H3,(H2,23,24,25,26,28). The third kappa shape index (κ3) is 6.28. The highest BCUT2D eigenvalue weighted by atomic mass is 32.1. The molecule has 1 aromatic heterocycles. The number of aryl methyl sites for hydroxylation is 2. The van der Waals surface area contributed by atoms with Crippen LogP contribution in [0.5, 0.6) is 11.6 Å². The highest BCUT2D eigenvalue weighted by Gasteiger charge is 2.06. The van der Waals surface area contributed by atoms with E-state index in [1.54, 1.807) is 18.2 Å². The van der Waals surface area contributed by atoms with Gasteiger partial charge in [0.05, 0.1) is 0 Å². The van der Waals surface area contributed by atoms with Crippen molar-refractivity contribution in [1.29, 1.82) is 0 Å². The van der Waals surface area contributed by atoms with Crippen LogP contribution in [0.15, 0.2) is 60.7 Å². The minimum Gasteiger partial charge on any atom is -0.439 e. The van der Waals surface area contributed by atoms with Crippen molar-refractivity contribution in [2.75, 3.05) is 11.9 Å². The van der Waals surface area contributed by atoms with Crippen molar-refractivity contribution in [3.8, 4) is 11.6 Å². The maximum atomic E-state index is 12.9. The highest BCUT2D eigenvalue weighted by molar-refractivity contribution is 7.80. The second-order valence-corrected chi connectivity index (χ2v) is 6.61. The van der Waals surface area contributed by atoms with Crippen LogP contribution in [-0.2, 0) is 6.42 Å². The first-order valence-corrected chi connectivity index (χ1v) is 9.37. The Hall–Kier alpha value is -3.06. The normalized spacial score (nSPS) is 10.4. The lowest BCUT2D eigenvalue weighted by Gasteiger charge is -2.11. The monoisotopic (exact) mass is 396 g/mol. The van der Waals surface area contributed by atoms with Crippen LogP contribution in [0.1, 0.15) is 17.7 Å². The van der Waals surface area contributed by atoms with Crippen LogP contribution in [0.4, 0.5) is 10.3 Å². The highest BCUT2D eigenvalue weighted by Crippen LogP contribution is 2.20. The van der Waals surface area contributed by atoms with E-state index in [2.05, 4.69) is 20.6 Å². The van der Waals surface area contributed by atoms with E-state index in [9.17, 15) is 4.39 Å². The largest absolute Gasteiger partial charge is 0.439 e. The number of thiocarbonyl (C=S) groups is 1. The van der Waals surface area contributed by atoms with E-state index >= 15 is 0 Å². The number of nitrogens with one attached hydrogen (secondary N) is 2. The van der Waals surface area contributed by atoms with Crippen molar-refractivity contribution < 1.29 is 9.13 Å². The molecule has 3 rings (SSSR count). The van der Waals surface area contributed by atoms with Crippen LogP contribution in [0.2, 0.25) is 0 Å². The van der Waals surface area contributed by atoms with Crippen molar-refractivity contribution in [3.05, 3.63) is 77.7 Å².